The highest BCUT2D eigenvalue weighted by Crippen LogP contribution is 2.45. The molecule has 1 aliphatic rings. The van der Waals surface area contributed by atoms with Crippen LogP contribution in [0.4, 0.5) is 4.39 Å². The van der Waals surface area contributed by atoms with Crippen LogP contribution in [0.15, 0.2) is 94.8 Å². The molecule has 1 aliphatic heterocycles. The molecule has 0 aliphatic carbocycles. The topological polar surface area (TPSA) is 173 Å². The molecule has 1 unspecified atom stereocenters. The van der Waals surface area contributed by atoms with Crippen LogP contribution >= 0.6 is 7.75 Å². The van der Waals surface area contributed by atoms with E-state index in [9.17, 15) is 24.1 Å². The number of nitrogens with one attached hydrogen (secondary N) is 4. The minimum Gasteiger partial charge on any atom is -0.387 e. The van der Waals surface area contributed by atoms with Gasteiger partial charge in [-0.2, -0.15) is 0 Å². The van der Waals surface area contributed by atoms with E-state index in [0.717, 1.165) is 62.3 Å². The van der Waals surface area contributed by atoms with Crippen molar-refractivity contribution in [2.45, 2.75) is 89.3 Å². The van der Waals surface area contributed by atoms with Crippen LogP contribution in [-0.4, -0.2) is 78.3 Å². The molecule has 1 saturated heterocycles. The average molecular weight is 750 g/mol. The number of aromatic nitrogens is 2. The van der Waals surface area contributed by atoms with Crippen LogP contribution < -0.4 is 27.0 Å². The lowest BCUT2D eigenvalue weighted by molar-refractivity contribution is -0.120. The molecule has 2 rings (SSSR count). The molecule has 0 spiro atoms. The maximum absolute atomic E-state index is 15.4. The summed E-state index contributed by atoms with van der Waals surface area (Å²) in [5, 5.41) is 19.1. The minimum atomic E-state index is -3.85. The molecule has 1 aromatic rings. The van der Waals surface area contributed by atoms with Gasteiger partial charge in [-0.05, 0) is 51.9 Å². The summed E-state index contributed by atoms with van der Waals surface area (Å²) in [6.07, 6.45) is 28.9. The molecule has 290 valence electrons. The second-order valence-electron chi connectivity index (χ2n) is 12.1. The lowest BCUT2D eigenvalue weighted by Crippen LogP contribution is -2.43. The number of H-pyrrole nitrogens is 1. The first-order valence-corrected chi connectivity index (χ1v) is 19.3. The number of hydrogen-bond acceptors (Lipinski definition) is 9. The van der Waals surface area contributed by atoms with Crippen LogP contribution in [0.25, 0.3) is 0 Å². The Hall–Kier alpha value is -3.49. The number of aliphatic hydroxyl groups is 1. The second kappa shape index (κ2) is 25.5. The molecule has 0 saturated carbocycles. The van der Waals surface area contributed by atoms with E-state index in [1.165, 1.54) is 7.11 Å². The van der Waals surface area contributed by atoms with Crippen molar-refractivity contribution in [2.24, 2.45) is 0 Å². The molecule has 1 aromatic heterocycles. The largest absolute Gasteiger partial charge is 0.405 e. The number of carbonyl (C=O) groups excluding carboxylic acids is 1. The number of nitrogens with zero attached hydrogens (tertiary/aromatic N) is 1. The minimum absolute atomic E-state index is 0.0508. The Balaban J connectivity index is 1.51. The first-order valence-electron chi connectivity index (χ1n) is 17.8. The third-order valence-corrected chi connectivity index (χ3v) is 9.42. The van der Waals surface area contributed by atoms with E-state index in [2.05, 4.69) is 83.4 Å². The summed E-state index contributed by atoms with van der Waals surface area (Å²) < 4.78 is 45.0. The van der Waals surface area contributed by atoms with Gasteiger partial charge in [0.1, 0.15) is 12.2 Å². The molecule has 13 nitrogen and oxygen atoms in total. The monoisotopic (exact) mass is 749 g/mol. The molecule has 1 fully saturated rings. The zero-order valence-electron chi connectivity index (χ0n) is 30.6. The molecular formula is C37H57FN5O8P. The Morgan fingerprint density at radius 2 is 1.52 bits per heavy atom. The first-order chi connectivity index (χ1) is 25.0. The van der Waals surface area contributed by atoms with Crippen LogP contribution in [0.1, 0.15) is 71.4 Å². The van der Waals surface area contributed by atoms with Crippen molar-refractivity contribution in [2.75, 3.05) is 39.9 Å². The van der Waals surface area contributed by atoms with Gasteiger partial charge in [0, 0.05) is 52.0 Å². The number of amides is 1. The standard InChI is InChI=1S/C37H57FN5O8P/c1-4-5-6-7-8-9-10-11-12-13-14-15-16-17-18-19-20-21-22-23-32(44)40-27-25-39-26-28-41-52(48,49-3)50-30-31-34(46)37(2,38)35(51-31)43-29-24-33(45)42-36(43)47/h5-6,8-9,11-12,14-15,17-18,20-21,24,29,31,34-35,39,46H,4,7,10,13,16,19,22-23,25-28,30H2,1-3H3,(H,40,44)(H,41,48)(H,42,45,47)/b6-5-,9-8-,12-11-,15-14-,18-17-,21-20-/t31-,34-,35-,37-,52?/m1/s1. The number of hydrogen-bond donors (Lipinski definition) is 5. The zero-order valence-corrected chi connectivity index (χ0v) is 31.5. The number of rotatable bonds is 26. The van der Waals surface area contributed by atoms with Gasteiger partial charge >= 0.3 is 13.4 Å². The Kier molecular flexibility index (Phi) is 21.9. The van der Waals surface area contributed by atoms with Gasteiger partial charge in [0.05, 0.1) is 6.61 Å². The predicted octanol–water partition coefficient (Wildman–Crippen LogP) is 5.07. The lowest BCUT2D eigenvalue weighted by atomic mass is 9.98. The number of carbonyl (C=O) groups is 1. The van der Waals surface area contributed by atoms with Crippen molar-refractivity contribution >= 4 is 13.7 Å². The fraction of sp³-hybridized carbons (Fsp3) is 0.541. The molecule has 1 amide bonds. The molecule has 0 radical (unpaired) electrons. The number of ether oxygens (including phenoxy) is 1. The van der Waals surface area contributed by atoms with E-state index in [1.807, 2.05) is 17.1 Å². The molecular weight excluding hydrogens is 692 g/mol. The smallest absolute Gasteiger partial charge is 0.387 e. The van der Waals surface area contributed by atoms with E-state index in [0.29, 0.717) is 32.5 Å². The van der Waals surface area contributed by atoms with E-state index < -0.39 is 49.7 Å². The second-order valence-corrected chi connectivity index (χ2v) is 14.0. The lowest BCUT2D eigenvalue weighted by Gasteiger charge is -2.24. The summed E-state index contributed by atoms with van der Waals surface area (Å²) in [4.78, 5) is 37.6. The molecule has 5 atom stereocenters. The van der Waals surface area contributed by atoms with Crippen LogP contribution in [-0.2, 0) is 23.1 Å². The molecule has 5 N–H and O–H groups in total. The molecule has 0 bridgehead atoms. The Morgan fingerprint density at radius 3 is 2.08 bits per heavy atom. The van der Waals surface area contributed by atoms with Gasteiger partial charge in [-0.25, -0.2) is 18.8 Å². The first kappa shape index (κ1) is 44.7. The van der Waals surface area contributed by atoms with Gasteiger partial charge in [0.25, 0.3) is 5.56 Å². The van der Waals surface area contributed by atoms with Crippen molar-refractivity contribution in [3.63, 3.8) is 0 Å². The Morgan fingerprint density at radius 1 is 0.962 bits per heavy atom. The van der Waals surface area contributed by atoms with Crippen LogP contribution in [0.2, 0.25) is 0 Å². The summed E-state index contributed by atoms with van der Waals surface area (Å²) in [6, 6.07) is 1.02. The van der Waals surface area contributed by atoms with Gasteiger partial charge in [0.2, 0.25) is 5.91 Å². The van der Waals surface area contributed by atoms with Crippen LogP contribution in [0.3, 0.4) is 0 Å². The molecule has 15 heteroatoms. The summed E-state index contributed by atoms with van der Waals surface area (Å²) in [5.74, 6) is -0.0508. The highest BCUT2D eigenvalue weighted by atomic mass is 31.2. The van der Waals surface area contributed by atoms with Gasteiger partial charge in [-0.15, -0.1) is 0 Å². The highest BCUT2D eigenvalue weighted by Gasteiger charge is 2.55. The highest BCUT2D eigenvalue weighted by molar-refractivity contribution is 7.51. The number of allylic oxidation sites excluding steroid dienone is 12. The summed E-state index contributed by atoms with van der Waals surface area (Å²) in [7, 11) is -2.68. The van der Waals surface area contributed by atoms with Gasteiger partial charge in [-0.3, -0.25) is 23.7 Å². The average Bonchev–Trinajstić information content (AvgIpc) is 3.34. The van der Waals surface area contributed by atoms with Crippen molar-refractivity contribution in [1.82, 2.24) is 25.3 Å². The SMILES string of the molecule is CC/C=C\C/C=C\C/C=C\C/C=C\C/C=C\C/C=C\CCC(=O)NCCNCCNP(=O)(OC)OC[C@H]1O[C@@H](n2ccc(=O)[nH]c2=O)[C@](C)(F)[C@@H]1O. The van der Waals surface area contributed by atoms with Crippen LogP contribution in [0.5, 0.6) is 0 Å². The number of halogens is 1. The summed E-state index contributed by atoms with van der Waals surface area (Å²) in [5.41, 5.74) is -4.00. The number of alkyl halides is 1. The van der Waals surface area contributed by atoms with Crippen LogP contribution in [0, 0.1) is 0 Å². The molecule has 52 heavy (non-hydrogen) atoms. The van der Waals surface area contributed by atoms with Crippen molar-refractivity contribution in [3.05, 3.63) is 106 Å². The third-order valence-electron chi connectivity index (χ3n) is 7.84. The van der Waals surface area contributed by atoms with Gasteiger partial charge in [0.15, 0.2) is 11.9 Å². The summed E-state index contributed by atoms with van der Waals surface area (Å²) >= 11 is 0. The molecule has 0 aromatic carbocycles. The Labute approximate surface area is 306 Å². The van der Waals surface area contributed by atoms with Crippen molar-refractivity contribution in [3.8, 4) is 0 Å². The zero-order chi connectivity index (χ0) is 38.1. The number of aliphatic hydroxyl groups excluding tert-OH is 1. The van der Waals surface area contributed by atoms with Crippen molar-refractivity contribution < 1.29 is 32.6 Å². The summed E-state index contributed by atoms with van der Waals surface area (Å²) in [6.45, 7) is 4.12. The quantitative estimate of drug-likeness (QED) is 0.0489. The van der Waals surface area contributed by atoms with Gasteiger partial charge in [-0.1, -0.05) is 79.8 Å². The van der Waals surface area contributed by atoms with E-state index >= 15 is 4.39 Å². The Bertz CT molecular complexity index is 1530. The number of aromatic amines is 1. The van der Waals surface area contributed by atoms with E-state index in [1.54, 1.807) is 0 Å². The van der Waals surface area contributed by atoms with E-state index in [4.69, 9.17) is 13.8 Å². The fourth-order valence-electron chi connectivity index (χ4n) is 4.94. The normalized spacial score (nSPS) is 22.3. The fourth-order valence-corrected chi connectivity index (χ4v) is 5.99. The van der Waals surface area contributed by atoms with Crippen molar-refractivity contribution in [1.29, 1.82) is 0 Å². The maximum Gasteiger partial charge on any atom is 0.405 e. The van der Waals surface area contributed by atoms with E-state index in [-0.39, 0.29) is 12.5 Å². The van der Waals surface area contributed by atoms with Gasteiger partial charge < -0.3 is 25.0 Å². The third kappa shape index (κ3) is 17.4. The molecule has 2 heterocycles. The maximum atomic E-state index is 15.4. The predicted molar refractivity (Wildman–Crippen MR) is 203 cm³/mol.